The van der Waals surface area contributed by atoms with E-state index in [9.17, 15) is 5.11 Å². The Bertz CT molecular complexity index is 394. The van der Waals surface area contributed by atoms with E-state index in [4.69, 9.17) is 4.98 Å². The quantitative estimate of drug-likeness (QED) is 0.923. The molecular weight excluding hydrogens is 258 g/mol. The van der Waals surface area contributed by atoms with Gasteiger partial charge in [0.1, 0.15) is 5.82 Å². The molecule has 0 amide bonds. The molecule has 0 radical (unpaired) electrons. The lowest BCUT2D eigenvalue weighted by Gasteiger charge is -2.33. The van der Waals surface area contributed by atoms with E-state index in [1.165, 1.54) is 43.6 Å². The highest BCUT2D eigenvalue weighted by molar-refractivity contribution is 7.09. The van der Waals surface area contributed by atoms with Crippen LogP contribution in [-0.4, -0.2) is 33.7 Å². The van der Waals surface area contributed by atoms with Gasteiger partial charge in [-0.15, -0.1) is 0 Å². The van der Waals surface area contributed by atoms with E-state index in [1.807, 2.05) is 0 Å². The highest BCUT2D eigenvalue weighted by Gasteiger charge is 2.26. The fourth-order valence-electron chi connectivity index (χ4n) is 2.57. The lowest BCUT2D eigenvalue weighted by atomic mass is 9.94. The van der Waals surface area contributed by atoms with Gasteiger partial charge in [0.15, 0.2) is 0 Å². The van der Waals surface area contributed by atoms with E-state index in [0.29, 0.717) is 12.6 Å². The number of aliphatic hydroxyl groups is 1. The number of nitrogens with zero attached hydrogens (tertiary/aromatic N) is 3. The van der Waals surface area contributed by atoms with Crippen molar-refractivity contribution < 1.29 is 5.11 Å². The minimum Gasteiger partial charge on any atom is -0.395 e. The Morgan fingerprint density at radius 1 is 1.26 bits per heavy atom. The Morgan fingerprint density at radius 2 is 1.95 bits per heavy atom. The average Bonchev–Trinajstić information content (AvgIpc) is 2.86. The molecule has 1 aromatic heterocycles. The first-order chi connectivity index (χ1) is 9.02. The lowest BCUT2D eigenvalue weighted by molar-refractivity contribution is 0.290. The second-order valence-corrected chi connectivity index (χ2v) is 7.09. The third-order valence-electron chi connectivity index (χ3n) is 3.69. The van der Waals surface area contributed by atoms with Crippen LogP contribution in [0.25, 0.3) is 0 Å². The van der Waals surface area contributed by atoms with Crippen LogP contribution in [0.5, 0.6) is 0 Å². The van der Waals surface area contributed by atoms with Crippen LogP contribution in [0.15, 0.2) is 0 Å². The Labute approximate surface area is 120 Å². The van der Waals surface area contributed by atoms with Crippen LogP contribution in [0.4, 0.5) is 5.13 Å². The first-order valence-electron chi connectivity index (χ1n) is 7.24. The van der Waals surface area contributed by atoms with Crippen molar-refractivity contribution in [1.82, 2.24) is 9.36 Å². The predicted octanol–water partition coefficient (Wildman–Crippen LogP) is 2.97. The Morgan fingerprint density at radius 3 is 2.47 bits per heavy atom. The molecule has 0 saturated heterocycles. The van der Waals surface area contributed by atoms with Crippen LogP contribution in [0, 0.1) is 0 Å². The van der Waals surface area contributed by atoms with Crippen molar-refractivity contribution in [1.29, 1.82) is 0 Å². The maximum Gasteiger partial charge on any atom is 0.205 e. The fraction of sp³-hybridized carbons (Fsp3) is 0.857. The molecule has 0 atom stereocenters. The van der Waals surface area contributed by atoms with E-state index in [1.54, 1.807) is 0 Å². The number of rotatable bonds is 4. The summed E-state index contributed by atoms with van der Waals surface area (Å²) in [6.45, 7) is 7.26. The zero-order valence-electron chi connectivity index (χ0n) is 12.2. The summed E-state index contributed by atoms with van der Waals surface area (Å²) in [5.74, 6) is 0.909. The highest BCUT2D eigenvalue weighted by atomic mass is 32.1. The molecule has 108 valence electrons. The maximum atomic E-state index is 9.31. The molecule has 0 spiro atoms. The number of anilines is 1. The Kier molecular flexibility index (Phi) is 4.79. The van der Waals surface area contributed by atoms with Crippen LogP contribution in [0.3, 0.4) is 0 Å². The number of hydrogen-bond donors (Lipinski definition) is 1. The molecule has 0 bridgehead atoms. The second-order valence-electron chi connectivity index (χ2n) is 6.36. The molecule has 1 N–H and O–H groups in total. The lowest BCUT2D eigenvalue weighted by Crippen LogP contribution is -2.38. The van der Waals surface area contributed by atoms with E-state index >= 15 is 0 Å². The molecule has 1 aliphatic rings. The largest absolute Gasteiger partial charge is 0.395 e. The first-order valence-corrected chi connectivity index (χ1v) is 8.01. The smallest absolute Gasteiger partial charge is 0.205 e. The summed E-state index contributed by atoms with van der Waals surface area (Å²) in [7, 11) is 0. The first kappa shape index (κ1) is 14.7. The molecular formula is C14H25N3OS. The van der Waals surface area contributed by atoms with Crippen molar-refractivity contribution in [3.63, 3.8) is 0 Å². The predicted molar refractivity (Wildman–Crippen MR) is 79.9 cm³/mol. The molecule has 1 fully saturated rings. The van der Waals surface area contributed by atoms with Gasteiger partial charge in [0.05, 0.1) is 6.61 Å². The van der Waals surface area contributed by atoms with Crippen molar-refractivity contribution in [2.75, 3.05) is 18.1 Å². The molecule has 0 unspecified atom stereocenters. The Hall–Kier alpha value is -0.680. The summed E-state index contributed by atoms with van der Waals surface area (Å²) in [6.07, 6.45) is 6.34. The maximum absolute atomic E-state index is 9.31. The summed E-state index contributed by atoms with van der Waals surface area (Å²) in [4.78, 5) is 6.97. The van der Waals surface area contributed by atoms with Crippen molar-refractivity contribution in [2.24, 2.45) is 0 Å². The van der Waals surface area contributed by atoms with Crippen molar-refractivity contribution in [2.45, 2.75) is 64.3 Å². The van der Waals surface area contributed by atoms with E-state index in [2.05, 4.69) is 30.0 Å². The third kappa shape index (κ3) is 3.66. The van der Waals surface area contributed by atoms with Crippen molar-refractivity contribution >= 4 is 16.7 Å². The van der Waals surface area contributed by atoms with Crippen molar-refractivity contribution in [3.05, 3.63) is 5.82 Å². The minimum atomic E-state index is -0.00774. The molecule has 2 rings (SSSR count). The van der Waals surface area contributed by atoms with Gasteiger partial charge < -0.3 is 10.0 Å². The third-order valence-corrected chi connectivity index (χ3v) is 4.44. The highest BCUT2D eigenvalue weighted by Crippen LogP contribution is 2.30. The van der Waals surface area contributed by atoms with Crippen molar-refractivity contribution in [3.8, 4) is 0 Å². The van der Waals surface area contributed by atoms with Gasteiger partial charge in [0.2, 0.25) is 5.13 Å². The van der Waals surface area contributed by atoms with Gasteiger partial charge in [-0.1, -0.05) is 40.0 Å². The summed E-state index contributed by atoms with van der Waals surface area (Å²) in [5, 5.41) is 10.3. The van der Waals surface area contributed by atoms with E-state index in [0.717, 1.165) is 11.0 Å². The zero-order valence-corrected chi connectivity index (χ0v) is 13.0. The molecule has 1 saturated carbocycles. The van der Waals surface area contributed by atoms with Gasteiger partial charge in [0, 0.05) is 29.5 Å². The standard InChI is InChI=1S/C14H25N3OS/c1-14(2,3)12-15-13(19-16-12)17(9-10-18)11-7-5-4-6-8-11/h11,18H,4-10H2,1-3H3. The van der Waals surface area contributed by atoms with Gasteiger partial charge in [-0.3, -0.25) is 0 Å². The Balaban J connectivity index is 2.16. The van der Waals surface area contributed by atoms with Gasteiger partial charge >= 0.3 is 0 Å². The van der Waals surface area contributed by atoms with Gasteiger partial charge in [-0.25, -0.2) is 4.98 Å². The van der Waals surface area contributed by atoms with Crippen LogP contribution in [0.2, 0.25) is 0 Å². The monoisotopic (exact) mass is 283 g/mol. The molecule has 19 heavy (non-hydrogen) atoms. The molecule has 0 aromatic carbocycles. The molecule has 0 aliphatic heterocycles. The molecule has 1 heterocycles. The van der Waals surface area contributed by atoms with E-state index in [-0.39, 0.29) is 12.0 Å². The molecule has 1 aliphatic carbocycles. The number of aromatic nitrogens is 2. The summed E-state index contributed by atoms with van der Waals surface area (Å²) >= 11 is 1.47. The molecule has 5 heteroatoms. The topological polar surface area (TPSA) is 49.2 Å². The van der Waals surface area contributed by atoms with Gasteiger partial charge in [-0.05, 0) is 12.8 Å². The molecule has 1 aromatic rings. The normalized spacial score (nSPS) is 17.7. The van der Waals surface area contributed by atoms with Crippen LogP contribution in [0.1, 0.15) is 58.7 Å². The fourth-order valence-corrected chi connectivity index (χ4v) is 3.53. The molecule has 4 nitrogen and oxygen atoms in total. The SMILES string of the molecule is CC(C)(C)c1nsc(N(CCO)C2CCCCC2)n1. The average molecular weight is 283 g/mol. The van der Waals surface area contributed by atoms with Crippen LogP contribution < -0.4 is 4.90 Å². The van der Waals surface area contributed by atoms with Crippen LogP contribution >= 0.6 is 11.5 Å². The minimum absolute atomic E-state index is 0.00774. The number of hydrogen-bond acceptors (Lipinski definition) is 5. The second kappa shape index (κ2) is 6.18. The van der Waals surface area contributed by atoms with E-state index < -0.39 is 0 Å². The summed E-state index contributed by atoms with van der Waals surface area (Å²) in [5.41, 5.74) is -0.00774. The van der Waals surface area contributed by atoms with Gasteiger partial charge in [-0.2, -0.15) is 4.37 Å². The van der Waals surface area contributed by atoms with Crippen LogP contribution in [-0.2, 0) is 5.41 Å². The number of aliphatic hydroxyl groups excluding tert-OH is 1. The van der Waals surface area contributed by atoms with Gasteiger partial charge in [0.25, 0.3) is 0 Å². The summed E-state index contributed by atoms with van der Waals surface area (Å²) < 4.78 is 4.49. The zero-order chi connectivity index (χ0) is 13.9. The summed E-state index contributed by atoms with van der Waals surface area (Å²) in [6, 6.07) is 0.529.